The lowest BCUT2D eigenvalue weighted by molar-refractivity contribution is 0.0809. The van der Waals surface area contributed by atoms with Gasteiger partial charge in [-0.3, -0.25) is 0 Å². The van der Waals surface area contributed by atoms with E-state index in [1.54, 1.807) is 0 Å². The molecule has 0 aromatic rings. The summed E-state index contributed by atoms with van der Waals surface area (Å²) in [5.41, 5.74) is 1.45. The van der Waals surface area contributed by atoms with Gasteiger partial charge in [0.25, 0.3) is 0 Å². The van der Waals surface area contributed by atoms with Crippen molar-refractivity contribution in [2.75, 3.05) is 14.1 Å². The van der Waals surface area contributed by atoms with Crippen molar-refractivity contribution in [3.05, 3.63) is 22.8 Å². The third-order valence-corrected chi connectivity index (χ3v) is 6.73. The van der Waals surface area contributed by atoms with Crippen LogP contribution in [0.15, 0.2) is 22.8 Å². The van der Waals surface area contributed by atoms with Crippen LogP contribution < -0.4 is 0 Å². The summed E-state index contributed by atoms with van der Waals surface area (Å²) >= 11 is 2.08. The van der Waals surface area contributed by atoms with Crippen LogP contribution in [0.2, 0.25) is 0 Å². The highest BCUT2D eigenvalue weighted by atomic mass is 32.2. The van der Waals surface area contributed by atoms with E-state index < -0.39 is 0 Å². The molecule has 0 amide bonds. The average Bonchev–Trinajstić information content (AvgIpc) is 2.97. The summed E-state index contributed by atoms with van der Waals surface area (Å²) in [5.74, 6) is 0.800. The zero-order valence-corrected chi connectivity index (χ0v) is 20.7. The van der Waals surface area contributed by atoms with E-state index in [2.05, 4.69) is 75.5 Å². The molecular formula is C23H48N2S. The average molecular weight is 385 g/mol. The molecule has 0 radical (unpaired) electrons. The molecule has 0 spiro atoms. The van der Waals surface area contributed by atoms with E-state index in [9.17, 15) is 0 Å². The number of hydrogen-bond donors (Lipinski definition) is 0. The van der Waals surface area contributed by atoms with E-state index in [0.717, 1.165) is 12.3 Å². The van der Waals surface area contributed by atoms with Gasteiger partial charge in [-0.05, 0) is 53.0 Å². The van der Waals surface area contributed by atoms with E-state index in [1.165, 1.54) is 23.4 Å². The lowest BCUT2D eigenvalue weighted by atomic mass is 9.87. The van der Waals surface area contributed by atoms with Crippen LogP contribution in [-0.2, 0) is 0 Å². The van der Waals surface area contributed by atoms with Gasteiger partial charge in [-0.1, -0.05) is 72.4 Å². The fraction of sp³-hybridized carbons (Fsp3) is 0.826. The molecule has 3 heteroatoms. The third-order valence-electron chi connectivity index (χ3n) is 5.10. The molecule has 2 aliphatic heterocycles. The molecule has 0 saturated carbocycles. The maximum atomic E-state index is 2.54. The lowest BCUT2D eigenvalue weighted by Crippen LogP contribution is -2.47. The van der Waals surface area contributed by atoms with Gasteiger partial charge < -0.3 is 9.80 Å². The van der Waals surface area contributed by atoms with Gasteiger partial charge in [0.15, 0.2) is 0 Å². The number of likely N-dealkylation sites (tertiary alicyclic amines) is 1. The molecule has 3 unspecified atom stereocenters. The fourth-order valence-electron chi connectivity index (χ4n) is 3.43. The molecule has 2 heterocycles. The normalized spacial score (nSPS) is 28.7. The van der Waals surface area contributed by atoms with Crippen LogP contribution in [0.25, 0.3) is 0 Å². The molecule has 1 fully saturated rings. The van der Waals surface area contributed by atoms with E-state index in [0.29, 0.717) is 17.5 Å². The summed E-state index contributed by atoms with van der Waals surface area (Å²) in [5, 5.41) is 0.630. The Hall–Kier alpha value is -0.410. The molecular weight excluding hydrogens is 336 g/mol. The highest BCUT2D eigenvalue weighted by Gasteiger charge is 2.38. The van der Waals surface area contributed by atoms with Crippen molar-refractivity contribution in [1.29, 1.82) is 0 Å². The zero-order valence-electron chi connectivity index (χ0n) is 19.9. The number of thioether (sulfide) groups is 1. The van der Waals surface area contributed by atoms with Crippen LogP contribution in [0, 0.1) is 5.92 Å². The molecule has 4 atom stereocenters. The van der Waals surface area contributed by atoms with Gasteiger partial charge in [0.2, 0.25) is 0 Å². The van der Waals surface area contributed by atoms with Crippen LogP contribution in [0.3, 0.4) is 0 Å². The minimum Gasteiger partial charge on any atom is -0.365 e. The standard InChI is InChI=1S/C17H30N2S.3C2H6/c1-7-8-9-16-14(4)19(6)17(20-16)15-10-12(2)18(5)13(3)11-15;3*1-2/h8-9,12-13,15,17H,7,10-11H2,1-6H3;3*1-2H3/b9-8-;;;/t12-,13?,15?,17?;;;/m0.../s1. The van der Waals surface area contributed by atoms with Gasteiger partial charge >= 0.3 is 0 Å². The first-order valence-electron chi connectivity index (χ1n) is 10.9. The van der Waals surface area contributed by atoms with Crippen LogP contribution >= 0.6 is 11.8 Å². The Kier molecular flexibility index (Phi) is 16.7. The summed E-state index contributed by atoms with van der Waals surface area (Å²) in [7, 11) is 4.55. The molecule has 0 aromatic heterocycles. The smallest absolute Gasteiger partial charge is 0.0820 e. The van der Waals surface area contributed by atoms with Gasteiger partial charge in [0.1, 0.15) is 0 Å². The second-order valence-corrected chi connectivity index (χ2v) is 7.63. The van der Waals surface area contributed by atoms with Crippen molar-refractivity contribution < 1.29 is 0 Å². The van der Waals surface area contributed by atoms with E-state index in [1.807, 2.05) is 41.5 Å². The molecule has 2 rings (SSSR count). The number of hydrogen-bond acceptors (Lipinski definition) is 3. The first-order valence-corrected chi connectivity index (χ1v) is 11.8. The maximum Gasteiger partial charge on any atom is 0.0820 e. The summed E-state index contributed by atoms with van der Waals surface area (Å²) < 4.78 is 0. The Morgan fingerprint density at radius 2 is 1.42 bits per heavy atom. The zero-order chi connectivity index (χ0) is 20.9. The highest BCUT2D eigenvalue weighted by Crippen LogP contribution is 2.45. The molecule has 0 bridgehead atoms. The molecule has 1 saturated heterocycles. The Balaban J connectivity index is 0. The van der Waals surface area contributed by atoms with Crippen LogP contribution in [-0.4, -0.2) is 41.4 Å². The Morgan fingerprint density at radius 1 is 0.962 bits per heavy atom. The molecule has 0 aliphatic carbocycles. The molecule has 26 heavy (non-hydrogen) atoms. The summed E-state index contributed by atoms with van der Waals surface area (Å²) in [6, 6.07) is 1.40. The topological polar surface area (TPSA) is 6.48 Å². The number of piperidine rings is 1. The fourth-order valence-corrected chi connectivity index (χ4v) is 4.91. The minimum absolute atomic E-state index is 0.630. The number of rotatable bonds is 3. The largest absolute Gasteiger partial charge is 0.365 e. The van der Waals surface area contributed by atoms with Crippen molar-refractivity contribution in [1.82, 2.24) is 9.80 Å². The van der Waals surface area contributed by atoms with Crippen LogP contribution in [0.5, 0.6) is 0 Å². The predicted molar refractivity (Wildman–Crippen MR) is 125 cm³/mol. The van der Waals surface area contributed by atoms with Crippen molar-refractivity contribution >= 4 is 11.8 Å². The van der Waals surface area contributed by atoms with Gasteiger partial charge in [-0.25, -0.2) is 0 Å². The maximum absolute atomic E-state index is 2.54. The molecule has 0 aromatic carbocycles. The summed E-state index contributed by atoms with van der Waals surface area (Å²) in [4.78, 5) is 6.52. The number of allylic oxidation sites excluding steroid dienone is 3. The monoisotopic (exact) mass is 384 g/mol. The second kappa shape index (κ2) is 15.6. The van der Waals surface area contributed by atoms with Gasteiger partial charge in [-0.2, -0.15) is 0 Å². The van der Waals surface area contributed by atoms with Crippen molar-refractivity contribution in [2.45, 2.75) is 106 Å². The van der Waals surface area contributed by atoms with Gasteiger partial charge in [-0.15, -0.1) is 0 Å². The molecule has 156 valence electrons. The van der Waals surface area contributed by atoms with Gasteiger partial charge in [0.05, 0.1) is 5.37 Å². The minimum atomic E-state index is 0.630. The van der Waals surface area contributed by atoms with E-state index in [4.69, 9.17) is 0 Å². The van der Waals surface area contributed by atoms with E-state index in [-0.39, 0.29) is 0 Å². The third kappa shape index (κ3) is 7.68. The van der Waals surface area contributed by atoms with Crippen molar-refractivity contribution in [2.24, 2.45) is 5.92 Å². The predicted octanol–water partition coefficient (Wildman–Crippen LogP) is 7.39. The first kappa shape index (κ1) is 27.8. The lowest BCUT2D eigenvalue weighted by Gasteiger charge is -2.43. The highest BCUT2D eigenvalue weighted by molar-refractivity contribution is 8.04. The molecule has 0 N–H and O–H groups in total. The van der Waals surface area contributed by atoms with E-state index >= 15 is 0 Å². The number of nitrogens with zero attached hydrogens (tertiary/aromatic N) is 2. The second-order valence-electron chi connectivity index (χ2n) is 6.47. The first-order chi connectivity index (χ1) is 12.5. The SMILES string of the molecule is CC.CC.CC.CC/C=C\C1=C(C)N(C)C(C2CC(C)N(C)[C@@H](C)C2)S1. The summed E-state index contributed by atoms with van der Waals surface area (Å²) in [6.07, 6.45) is 8.36. The Morgan fingerprint density at radius 3 is 1.85 bits per heavy atom. The molecule has 2 aliphatic rings. The quantitative estimate of drug-likeness (QED) is 0.501. The molecule has 2 nitrogen and oxygen atoms in total. The van der Waals surface area contributed by atoms with Crippen LogP contribution in [0.4, 0.5) is 0 Å². The van der Waals surface area contributed by atoms with Crippen LogP contribution in [0.1, 0.15) is 88.5 Å². The Labute approximate surface area is 170 Å². The summed E-state index contributed by atoms with van der Waals surface area (Å²) in [6.45, 7) is 21.2. The van der Waals surface area contributed by atoms with Crippen molar-refractivity contribution in [3.63, 3.8) is 0 Å². The van der Waals surface area contributed by atoms with Gasteiger partial charge in [0, 0.05) is 29.7 Å². The van der Waals surface area contributed by atoms with Crippen molar-refractivity contribution in [3.8, 4) is 0 Å². The Bertz CT molecular complexity index is 391.